The second kappa shape index (κ2) is 10.8. The Bertz CT molecular complexity index is 1680. The average molecular weight is 618 g/mol. The summed E-state index contributed by atoms with van der Waals surface area (Å²) in [6.07, 6.45) is -0.463. The number of alkyl halides is 3. The molecule has 8 rings (SSSR count). The fourth-order valence-corrected chi connectivity index (χ4v) is 7.34. The van der Waals surface area contributed by atoms with Gasteiger partial charge in [-0.1, -0.05) is 28.6 Å². The Labute approximate surface area is 247 Å². The van der Waals surface area contributed by atoms with E-state index in [1.165, 1.54) is 36.6 Å². The van der Waals surface area contributed by atoms with E-state index < -0.39 is 18.1 Å². The third kappa shape index (κ3) is 5.44. The van der Waals surface area contributed by atoms with Crippen molar-refractivity contribution in [3.63, 3.8) is 0 Å². The van der Waals surface area contributed by atoms with Crippen LogP contribution in [0.1, 0.15) is 59.7 Å². The molecular formula is C30H27F4N3O5S. The van der Waals surface area contributed by atoms with Crippen LogP contribution >= 0.6 is 11.3 Å². The van der Waals surface area contributed by atoms with E-state index in [0.717, 1.165) is 38.2 Å². The number of carbonyl (C=O) groups is 1. The number of para-hydroxylation sites is 1. The summed E-state index contributed by atoms with van der Waals surface area (Å²) < 4.78 is 75.9. The highest BCUT2D eigenvalue weighted by Crippen LogP contribution is 2.47. The summed E-state index contributed by atoms with van der Waals surface area (Å²) >= 11 is 1.34. The van der Waals surface area contributed by atoms with Crippen LogP contribution in [0.5, 0.6) is 5.75 Å². The molecule has 0 spiro atoms. The topological polar surface area (TPSA) is 86.9 Å². The van der Waals surface area contributed by atoms with Crippen molar-refractivity contribution in [2.45, 2.75) is 63.1 Å². The summed E-state index contributed by atoms with van der Waals surface area (Å²) in [5.74, 6) is -0.506. The average Bonchev–Trinajstić information content (AvgIpc) is 3.59. The van der Waals surface area contributed by atoms with E-state index >= 15 is 0 Å². The van der Waals surface area contributed by atoms with Gasteiger partial charge < -0.3 is 23.6 Å². The van der Waals surface area contributed by atoms with Crippen LogP contribution in [0.2, 0.25) is 0 Å². The van der Waals surface area contributed by atoms with Crippen molar-refractivity contribution in [2.24, 2.45) is 5.92 Å². The number of benzene rings is 2. The smallest absolute Gasteiger partial charge is 0.465 e. The lowest BCUT2D eigenvalue weighted by atomic mass is 9.78. The van der Waals surface area contributed by atoms with Gasteiger partial charge in [0.2, 0.25) is 0 Å². The SMILES string of the molecule is COC(=O)c1cc(F)c2nc(N3C[C@@H]4CC[C@H]3C[C@H]4OCc3c(-c4ccccc4OC(F)(F)F)noc3C3CC3)sc2c1. The van der Waals surface area contributed by atoms with Gasteiger partial charge in [-0.2, -0.15) is 0 Å². The maximum Gasteiger partial charge on any atom is 0.573 e. The molecule has 4 heterocycles. The number of halogens is 4. The highest BCUT2D eigenvalue weighted by molar-refractivity contribution is 7.22. The number of thiazole rings is 1. The number of hydrogen-bond donors (Lipinski definition) is 0. The normalized spacial score (nSPS) is 21.9. The highest BCUT2D eigenvalue weighted by atomic mass is 32.1. The Morgan fingerprint density at radius 1 is 1.16 bits per heavy atom. The molecule has 0 radical (unpaired) electrons. The maximum absolute atomic E-state index is 14.8. The molecule has 13 heteroatoms. The molecule has 2 aromatic heterocycles. The lowest BCUT2D eigenvalue weighted by Crippen LogP contribution is -2.55. The zero-order chi connectivity index (χ0) is 29.9. The molecule has 0 N–H and O–H groups in total. The molecule has 0 unspecified atom stereocenters. The Balaban J connectivity index is 1.10. The molecule has 4 fully saturated rings. The van der Waals surface area contributed by atoms with Gasteiger partial charge in [0.1, 0.15) is 22.7 Å². The molecule has 0 amide bonds. The quantitative estimate of drug-likeness (QED) is 0.151. The first-order valence-corrected chi connectivity index (χ1v) is 14.9. The van der Waals surface area contributed by atoms with Crippen molar-refractivity contribution < 1.29 is 41.1 Å². The van der Waals surface area contributed by atoms with Crippen molar-refractivity contribution in [1.82, 2.24) is 10.1 Å². The first kappa shape index (κ1) is 28.1. The highest BCUT2D eigenvalue weighted by Gasteiger charge is 2.43. The van der Waals surface area contributed by atoms with Gasteiger partial charge in [-0.05, 0) is 56.4 Å². The zero-order valence-corrected chi connectivity index (χ0v) is 23.8. The van der Waals surface area contributed by atoms with E-state index in [9.17, 15) is 22.4 Å². The first-order chi connectivity index (χ1) is 20.7. The molecule has 2 saturated carbocycles. The van der Waals surface area contributed by atoms with Crippen LogP contribution in [0, 0.1) is 11.7 Å². The number of anilines is 1. The molecule has 226 valence electrons. The van der Waals surface area contributed by atoms with Gasteiger partial charge in [-0.3, -0.25) is 0 Å². The van der Waals surface area contributed by atoms with Crippen molar-refractivity contribution in [3.8, 4) is 17.0 Å². The number of hydrogen-bond acceptors (Lipinski definition) is 9. The van der Waals surface area contributed by atoms with E-state index in [2.05, 4.69) is 19.8 Å². The summed E-state index contributed by atoms with van der Waals surface area (Å²) in [5, 5.41) is 4.87. The molecule has 2 aliphatic heterocycles. The van der Waals surface area contributed by atoms with Gasteiger partial charge in [0.15, 0.2) is 10.9 Å². The molecule has 2 aromatic carbocycles. The number of esters is 1. The van der Waals surface area contributed by atoms with Crippen LogP contribution in [0.25, 0.3) is 21.5 Å². The molecule has 4 aromatic rings. The Hall–Kier alpha value is -3.71. The van der Waals surface area contributed by atoms with Gasteiger partial charge in [0, 0.05) is 35.5 Å². The van der Waals surface area contributed by atoms with Crippen molar-refractivity contribution in [2.75, 3.05) is 18.6 Å². The number of rotatable bonds is 8. The van der Waals surface area contributed by atoms with Gasteiger partial charge in [-0.25, -0.2) is 14.2 Å². The third-order valence-electron chi connectivity index (χ3n) is 8.45. The summed E-state index contributed by atoms with van der Waals surface area (Å²) in [6.45, 7) is 0.830. The van der Waals surface area contributed by atoms with E-state index in [1.807, 2.05) is 0 Å². The molecule has 43 heavy (non-hydrogen) atoms. The van der Waals surface area contributed by atoms with Gasteiger partial charge in [-0.15, -0.1) is 13.2 Å². The predicted molar refractivity (Wildman–Crippen MR) is 149 cm³/mol. The Morgan fingerprint density at radius 2 is 1.98 bits per heavy atom. The van der Waals surface area contributed by atoms with E-state index in [-0.39, 0.29) is 53.0 Å². The lowest BCUT2D eigenvalue weighted by molar-refractivity contribution is -0.274. The number of ether oxygens (including phenoxy) is 3. The number of nitrogens with zero attached hydrogens (tertiary/aromatic N) is 3. The zero-order valence-electron chi connectivity index (χ0n) is 23.0. The molecule has 3 atom stereocenters. The first-order valence-electron chi connectivity index (χ1n) is 14.1. The fraction of sp³-hybridized carbons (Fsp3) is 0.433. The van der Waals surface area contributed by atoms with Crippen LogP contribution < -0.4 is 9.64 Å². The predicted octanol–water partition coefficient (Wildman–Crippen LogP) is 7.23. The summed E-state index contributed by atoms with van der Waals surface area (Å²) in [5.41, 5.74) is 1.52. The van der Waals surface area contributed by atoms with E-state index in [0.29, 0.717) is 33.4 Å². The van der Waals surface area contributed by atoms with Gasteiger partial charge in [0.25, 0.3) is 0 Å². The number of fused-ring (bicyclic) bond motifs is 4. The fourth-order valence-electron chi connectivity index (χ4n) is 6.24. The summed E-state index contributed by atoms with van der Waals surface area (Å²) in [7, 11) is 1.25. The van der Waals surface area contributed by atoms with Crippen LogP contribution in [-0.2, 0) is 16.1 Å². The summed E-state index contributed by atoms with van der Waals surface area (Å²) in [4.78, 5) is 18.7. The number of carbonyl (C=O) groups excluding carboxylic acids is 1. The standard InChI is InChI=1S/C30H27F4N3O5S/c1-39-28(38)17-10-21(31)26-24(11-17)43-29(35-26)37-13-16-8-9-18(37)12-23(16)40-14-20-25(36-42-27(20)15-6-7-15)19-4-2-3-5-22(19)41-30(32,33)34/h2-5,10-11,15-16,18,23H,6-9,12-14H2,1H3/t16-,18-,23+/m0/s1. The third-order valence-corrected chi connectivity index (χ3v) is 9.49. The Morgan fingerprint density at radius 3 is 2.70 bits per heavy atom. The number of methoxy groups -OCH3 is 1. The Kier molecular flexibility index (Phi) is 7.04. The van der Waals surface area contributed by atoms with E-state index in [1.54, 1.807) is 12.1 Å². The minimum Gasteiger partial charge on any atom is -0.465 e. The monoisotopic (exact) mass is 617 g/mol. The largest absolute Gasteiger partial charge is 0.573 e. The minimum absolute atomic E-state index is 0.0801. The van der Waals surface area contributed by atoms with Crippen molar-refractivity contribution in [3.05, 3.63) is 59.1 Å². The molecule has 2 saturated heterocycles. The maximum atomic E-state index is 14.8. The molecular weight excluding hydrogens is 590 g/mol. The van der Waals surface area contributed by atoms with Crippen LogP contribution in [0.4, 0.5) is 22.7 Å². The second-order valence-corrected chi connectivity index (χ2v) is 12.2. The van der Waals surface area contributed by atoms with Crippen molar-refractivity contribution in [1.29, 1.82) is 0 Å². The minimum atomic E-state index is -4.85. The molecule has 4 aliphatic rings. The van der Waals surface area contributed by atoms with E-state index in [4.69, 9.17) is 14.0 Å². The summed E-state index contributed by atoms with van der Waals surface area (Å²) in [6, 6.07) is 8.78. The van der Waals surface area contributed by atoms with Crippen LogP contribution in [0.15, 0.2) is 40.9 Å². The number of aromatic nitrogens is 2. The lowest BCUT2D eigenvalue weighted by Gasteiger charge is -2.49. The molecule has 2 bridgehead atoms. The van der Waals surface area contributed by atoms with Gasteiger partial charge in [0.05, 0.1) is 30.1 Å². The second-order valence-electron chi connectivity index (χ2n) is 11.2. The van der Waals surface area contributed by atoms with Crippen molar-refractivity contribution >= 4 is 32.7 Å². The van der Waals surface area contributed by atoms with Crippen LogP contribution in [0.3, 0.4) is 0 Å². The molecule has 8 nitrogen and oxygen atoms in total. The van der Waals surface area contributed by atoms with Crippen LogP contribution in [-0.4, -0.2) is 48.3 Å². The molecule has 2 aliphatic carbocycles. The van der Waals surface area contributed by atoms with Gasteiger partial charge >= 0.3 is 12.3 Å². The number of piperidine rings is 2.